The maximum atomic E-state index is 13.6. The normalized spacial score (nSPS) is 10.5. The minimum absolute atomic E-state index is 0.0594. The number of rotatable bonds is 6. The molecule has 110 valence electrons. The molecule has 0 aliphatic heterocycles. The van der Waals surface area contributed by atoms with E-state index in [1.54, 1.807) is 12.1 Å². The summed E-state index contributed by atoms with van der Waals surface area (Å²) in [6, 6.07) is 8.00. The molecule has 0 saturated heterocycles. The fraction of sp³-hybridized carbons (Fsp3) is 0.333. The lowest BCUT2D eigenvalue weighted by atomic mass is 10.2. The van der Waals surface area contributed by atoms with Gasteiger partial charge in [-0.25, -0.2) is 4.39 Å². The number of methoxy groups -OCH3 is 1. The number of nitriles is 1. The third kappa shape index (κ3) is 3.38. The average Bonchev–Trinajstić information content (AvgIpc) is 2.92. The number of amides is 1. The Labute approximate surface area is 121 Å². The second-order valence-electron chi connectivity index (χ2n) is 4.46. The Kier molecular flexibility index (Phi) is 4.90. The summed E-state index contributed by atoms with van der Waals surface area (Å²) in [6.07, 6.45) is 0.212. The highest BCUT2D eigenvalue weighted by Crippen LogP contribution is 2.23. The van der Waals surface area contributed by atoms with Crippen LogP contribution in [0.25, 0.3) is 11.0 Å². The summed E-state index contributed by atoms with van der Waals surface area (Å²) in [4.78, 5) is 13.8. The summed E-state index contributed by atoms with van der Waals surface area (Å²) >= 11 is 0. The highest BCUT2D eigenvalue weighted by atomic mass is 19.1. The molecular formula is C15H15FN2O3. The van der Waals surface area contributed by atoms with E-state index in [2.05, 4.69) is 0 Å². The molecule has 0 bridgehead atoms. The minimum Gasteiger partial charge on any atom is -0.448 e. The summed E-state index contributed by atoms with van der Waals surface area (Å²) in [5.74, 6) is -0.825. The van der Waals surface area contributed by atoms with E-state index in [0.29, 0.717) is 18.5 Å². The molecule has 0 aliphatic rings. The molecule has 2 aromatic rings. The van der Waals surface area contributed by atoms with Crippen LogP contribution in [0.1, 0.15) is 17.0 Å². The van der Waals surface area contributed by atoms with Crippen LogP contribution < -0.4 is 0 Å². The molecular weight excluding hydrogens is 275 g/mol. The zero-order chi connectivity index (χ0) is 15.2. The van der Waals surface area contributed by atoms with Crippen molar-refractivity contribution in [1.29, 1.82) is 5.26 Å². The number of furan rings is 1. The minimum atomic E-state index is -0.507. The van der Waals surface area contributed by atoms with Crippen molar-refractivity contribution >= 4 is 16.9 Å². The number of benzene rings is 1. The Bertz CT molecular complexity index is 675. The van der Waals surface area contributed by atoms with Crippen molar-refractivity contribution in [1.82, 2.24) is 4.90 Å². The summed E-state index contributed by atoms with van der Waals surface area (Å²) in [5.41, 5.74) is 0.0628. The Hall–Kier alpha value is -2.39. The van der Waals surface area contributed by atoms with Crippen LogP contribution >= 0.6 is 0 Å². The van der Waals surface area contributed by atoms with Crippen LogP contribution in [0.3, 0.4) is 0 Å². The van der Waals surface area contributed by atoms with Gasteiger partial charge in [-0.3, -0.25) is 4.79 Å². The van der Waals surface area contributed by atoms with Crippen molar-refractivity contribution in [3.63, 3.8) is 0 Å². The molecule has 0 N–H and O–H groups in total. The molecule has 21 heavy (non-hydrogen) atoms. The summed E-state index contributed by atoms with van der Waals surface area (Å²) in [6.45, 7) is 0.973. The van der Waals surface area contributed by atoms with E-state index in [4.69, 9.17) is 14.4 Å². The number of para-hydroxylation sites is 1. The van der Waals surface area contributed by atoms with Crippen LogP contribution in [0.5, 0.6) is 0 Å². The van der Waals surface area contributed by atoms with Crippen molar-refractivity contribution in [2.24, 2.45) is 0 Å². The number of halogens is 1. The highest BCUT2D eigenvalue weighted by molar-refractivity contribution is 5.96. The van der Waals surface area contributed by atoms with Gasteiger partial charge in [0.2, 0.25) is 0 Å². The zero-order valence-electron chi connectivity index (χ0n) is 11.6. The number of hydrogen-bond donors (Lipinski definition) is 0. The first-order valence-electron chi connectivity index (χ1n) is 6.50. The molecule has 2 rings (SSSR count). The molecule has 0 saturated carbocycles. The van der Waals surface area contributed by atoms with Crippen LogP contribution in [-0.2, 0) is 4.74 Å². The molecule has 1 heterocycles. The van der Waals surface area contributed by atoms with E-state index < -0.39 is 5.82 Å². The largest absolute Gasteiger partial charge is 0.448 e. The van der Waals surface area contributed by atoms with Crippen molar-refractivity contribution in [3.8, 4) is 6.07 Å². The zero-order valence-corrected chi connectivity index (χ0v) is 11.6. The Balaban J connectivity index is 2.25. The Morgan fingerprint density at radius 1 is 1.48 bits per heavy atom. The van der Waals surface area contributed by atoms with Gasteiger partial charge in [0, 0.05) is 25.6 Å². The number of hydrogen-bond acceptors (Lipinski definition) is 4. The third-order valence-corrected chi connectivity index (χ3v) is 3.05. The first-order chi connectivity index (χ1) is 10.2. The second-order valence-corrected chi connectivity index (χ2v) is 4.46. The van der Waals surface area contributed by atoms with E-state index in [1.165, 1.54) is 24.1 Å². The smallest absolute Gasteiger partial charge is 0.289 e. The van der Waals surface area contributed by atoms with Gasteiger partial charge in [0.05, 0.1) is 19.1 Å². The van der Waals surface area contributed by atoms with Gasteiger partial charge >= 0.3 is 0 Å². The van der Waals surface area contributed by atoms with E-state index in [-0.39, 0.29) is 30.2 Å². The quantitative estimate of drug-likeness (QED) is 0.820. The standard InChI is InChI=1S/C15H15FN2O3/c1-20-9-8-18(7-3-6-17)15(19)13-10-11-4-2-5-12(16)14(11)21-13/h2,4-5,10H,3,7-9H2,1H3. The van der Waals surface area contributed by atoms with E-state index in [9.17, 15) is 9.18 Å². The third-order valence-electron chi connectivity index (χ3n) is 3.05. The first-order valence-corrected chi connectivity index (χ1v) is 6.50. The monoisotopic (exact) mass is 290 g/mol. The average molecular weight is 290 g/mol. The highest BCUT2D eigenvalue weighted by Gasteiger charge is 2.20. The van der Waals surface area contributed by atoms with Gasteiger partial charge in [0.25, 0.3) is 5.91 Å². The number of carbonyl (C=O) groups is 1. The Morgan fingerprint density at radius 2 is 2.29 bits per heavy atom. The summed E-state index contributed by atoms with van der Waals surface area (Å²) in [5, 5.41) is 9.18. The fourth-order valence-corrected chi connectivity index (χ4v) is 1.99. The van der Waals surface area contributed by atoms with Crippen molar-refractivity contribution in [2.45, 2.75) is 6.42 Å². The molecule has 0 atom stereocenters. The van der Waals surface area contributed by atoms with Gasteiger partial charge in [0.1, 0.15) is 0 Å². The SMILES string of the molecule is COCCN(CCC#N)C(=O)c1cc2cccc(F)c2o1. The predicted molar refractivity (Wildman–Crippen MR) is 74.2 cm³/mol. The molecule has 0 aliphatic carbocycles. The van der Waals surface area contributed by atoms with Crippen molar-refractivity contribution in [2.75, 3.05) is 26.8 Å². The summed E-state index contributed by atoms with van der Waals surface area (Å²) in [7, 11) is 1.53. The van der Waals surface area contributed by atoms with Gasteiger partial charge < -0.3 is 14.1 Å². The Morgan fingerprint density at radius 3 is 2.95 bits per heavy atom. The molecule has 6 heteroatoms. The molecule has 1 aromatic carbocycles. The topological polar surface area (TPSA) is 66.5 Å². The summed E-state index contributed by atoms with van der Waals surface area (Å²) < 4.78 is 23.8. The number of ether oxygens (including phenoxy) is 1. The lowest BCUT2D eigenvalue weighted by molar-refractivity contribution is 0.0671. The second kappa shape index (κ2) is 6.86. The molecule has 0 radical (unpaired) electrons. The molecule has 0 unspecified atom stereocenters. The van der Waals surface area contributed by atoms with Crippen molar-refractivity contribution in [3.05, 3.63) is 35.8 Å². The first kappa shape index (κ1) is 15.0. The lowest BCUT2D eigenvalue weighted by Gasteiger charge is -2.19. The van der Waals surface area contributed by atoms with Crippen LogP contribution in [0.4, 0.5) is 4.39 Å². The van der Waals surface area contributed by atoms with Crippen LogP contribution in [0.2, 0.25) is 0 Å². The van der Waals surface area contributed by atoms with Gasteiger partial charge in [-0.05, 0) is 12.1 Å². The van der Waals surface area contributed by atoms with Gasteiger partial charge in [-0.15, -0.1) is 0 Å². The molecule has 1 aromatic heterocycles. The van der Waals surface area contributed by atoms with Gasteiger partial charge in [-0.2, -0.15) is 5.26 Å². The number of fused-ring (bicyclic) bond motifs is 1. The molecule has 5 nitrogen and oxygen atoms in total. The number of nitrogens with zero attached hydrogens (tertiary/aromatic N) is 2. The van der Waals surface area contributed by atoms with Gasteiger partial charge in [-0.1, -0.05) is 12.1 Å². The maximum absolute atomic E-state index is 13.6. The molecule has 0 spiro atoms. The van der Waals surface area contributed by atoms with Crippen molar-refractivity contribution < 1.29 is 18.3 Å². The fourth-order valence-electron chi connectivity index (χ4n) is 1.99. The van der Waals surface area contributed by atoms with E-state index in [1.807, 2.05) is 6.07 Å². The van der Waals surface area contributed by atoms with Crippen LogP contribution in [0.15, 0.2) is 28.7 Å². The van der Waals surface area contributed by atoms with Gasteiger partial charge in [0.15, 0.2) is 17.2 Å². The van der Waals surface area contributed by atoms with Crippen LogP contribution in [0, 0.1) is 17.1 Å². The van der Waals surface area contributed by atoms with Crippen LogP contribution in [-0.4, -0.2) is 37.6 Å². The number of carbonyl (C=O) groups excluding carboxylic acids is 1. The van der Waals surface area contributed by atoms with E-state index >= 15 is 0 Å². The van der Waals surface area contributed by atoms with E-state index in [0.717, 1.165) is 0 Å². The lowest BCUT2D eigenvalue weighted by Crippen LogP contribution is -2.34. The molecule has 1 amide bonds. The predicted octanol–water partition coefficient (Wildman–Crippen LogP) is 2.57. The maximum Gasteiger partial charge on any atom is 0.289 e. The molecule has 0 fully saturated rings.